The van der Waals surface area contributed by atoms with Crippen LogP contribution < -0.4 is 10.1 Å². The fourth-order valence-electron chi connectivity index (χ4n) is 3.76. The number of benzene rings is 1. The Morgan fingerprint density at radius 2 is 1.92 bits per heavy atom. The normalized spacial score (nSPS) is 20.1. The number of carbonyl (C=O) groups excluding carboxylic acids is 1. The standard InChI is InChI=1S/C22H30N2O2/c1-5-16-14-19(10-13-21(16)23-4)24(18-8-9-18)22(25)17-6-11-20(12-7-17)26-15(2)3/h5-7,11-12,15,18-19,23H,1,8-10,13-14H2,2-4H3. The SMILES string of the molecule is C=CC1=C(NC)CCC(N(C(=O)c2ccc(OC(C)C)cc2)C2CC2)C1. The Morgan fingerprint density at radius 1 is 1.23 bits per heavy atom. The average molecular weight is 354 g/mol. The summed E-state index contributed by atoms with van der Waals surface area (Å²) < 4.78 is 5.69. The average Bonchev–Trinajstić information content (AvgIpc) is 3.46. The third-order valence-corrected chi connectivity index (χ3v) is 5.16. The lowest BCUT2D eigenvalue weighted by Gasteiger charge is -2.36. The smallest absolute Gasteiger partial charge is 0.254 e. The molecule has 1 aromatic carbocycles. The number of ether oxygens (including phenoxy) is 1. The van der Waals surface area contributed by atoms with E-state index in [0.29, 0.717) is 6.04 Å². The molecule has 0 spiro atoms. The van der Waals surface area contributed by atoms with Crippen molar-refractivity contribution in [1.29, 1.82) is 0 Å². The Kier molecular flexibility index (Phi) is 5.70. The highest BCUT2D eigenvalue weighted by atomic mass is 16.5. The van der Waals surface area contributed by atoms with Crippen molar-refractivity contribution in [2.75, 3.05) is 7.05 Å². The highest BCUT2D eigenvalue weighted by Gasteiger charge is 2.39. The Hall–Kier alpha value is -2.23. The van der Waals surface area contributed by atoms with Gasteiger partial charge in [-0.1, -0.05) is 12.7 Å². The lowest BCUT2D eigenvalue weighted by atomic mass is 9.90. The third kappa shape index (κ3) is 4.12. The molecule has 1 saturated carbocycles. The Bertz CT molecular complexity index is 687. The molecule has 0 saturated heterocycles. The van der Waals surface area contributed by atoms with Gasteiger partial charge in [0.15, 0.2) is 0 Å². The largest absolute Gasteiger partial charge is 0.491 e. The predicted octanol–water partition coefficient (Wildman–Crippen LogP) is 4.29. The lowest BCUT2D eigenvalue weighted by Crippen LogP contribution is -2.43. The van der Waals surface area contributed by atoms with Gasteiger partial charge >= 0.3 is 0 Å². The van der Waals surface area contributed by atoms with Crippen LogP contribution in [0.4, 0.5) is 0 Å². The number of hydrogen-bond donors (Lipinski definition) is 1. The molecule has 0 aliphatic heterocycles. The van der Waals surface area contributed by atoms with Crippen LogP contribution in [-0.4, -0.2) is 36.0 Å². The first kappa shape index (κ1) is 18.6. The Balaban J connectivity index is 1.77. The maximum atomic E-state index is 13.2. The van der Waals surface area contributed by atoms with Crippen molar-refractivity contribution in [3.8, 4) is 5.75 Å². The van der Waals surface area contributed by atoms with Crippen LogP contribution in [0.5, 0.6) is 5.75 Å². The van der Waals surface area contributed by atoms with Gasteiger partial charge in [-0.15, -0.1) is 0 Å². The number of carbonyl (C=O) groups is 1. The van der Waals surface area contributed by atoms with E-state index >= 15 is 0 Å². The zero-order valence-electron chi connectivity index (χ0n) is 16.1. The van der Waals surface area contributed by atoms with Crippen molar-refractivity contribution in [3.63, 3.8) is 0 Å². The van der Waals surface area contributed by atoms with E-state index in [0.717, 1.165) is 43.4 Å². The summed E-state index contributed by atoms with van der Waals surface area (Å²) >= 11 is 0. The first-order valence-corrected chi connectivity index (χ1v) is 9.65. The molecule has 1 atom stereocenters. The highest BCUT2D eigenvalue weighted by Crippen LogP contribution is 2.36. The van der Waals surface area contributed by atoms with E-state index in [1.807, 2.05) is 51.2 Å². The summed E-state index contributed by atoms with van der Waals surface area (Å²) in [5.74, 6) is 0.952. The van der Waals surface area contributed by atoms with Crippen LogP contribution in [0.3, 0.4) is 0 Å². The number of nitrogens with one attached hydrogen (secondary N) is 1. The third-order valence-electron chi connectivity index (χ3n) is 5.16. The number of nitrogens with zero attached hydrogens (tertiary/aromatic N) is 1. The highest BCUT2D eigenvalue weighted by molar-refractivity contribution is 5.95. The van der Waals surface area contributed by atoms with Crippen LogP contribution >= 0.6 is 0 Å². The summed E-state index contributed by atoms with van der Waals surface area (Å²) in [7, 11) is 1.96. The van der Waals surface area contributed by atoms with E-state index < -0.39 is 0 Å². The molecular formula is C22H30N2O2. The number of amides is 1. The fourth-order valence-corrected chi connectivity index (χ4v) is 3.76. The lowest BCUT2D eigenvalue weighted by molar-refractivity contribution is 0.0643. The second kappa shape index (κ2) is 7.98. The molecule has 0 heterocycles. The van der Waals surface area contributed by atoms with Crippen molar-refractivity contribution in [2.45, 2.75) is 64.1 Å². The number of allylic oxidation sites excluding steroid dienone is 2. The van der Waals surface area contributed by atoms with Gasteiger partial charge < -0.3 is 15.0 Å². The van der Waals surface area contributed by atoms with Gasteiger partial charge in [-0.05, 0) is 75.8 Å². The molecule has 1 fully saturated rings. The number of hydrogen-bond acceptors (Lipinski definition) is 3. The van der Waals surface area contributed by atoms with Gasteiger partial charge in [-0.25, -0.2) is 0 Å². The van der Waals surface area contributed by atoms with Crippen molar-refractivity contribution in [2.24, 2.45) is 0 Å². The quantitative estimate of drug-likeness (QED) is 0.794. The first-order chi connectivity index (χ1) is 12.5. The van der Waals surface area contributed by atoms with Gasteiger partial charge in [0.2, 0.25) is 0 Å². The molecule has 3 rings (SSSR count). The predicted molar refractivity (Wildman–Crippen MR) is 105 cm³/mol. The van der Waals surface area contributed by atoms with Gasteiger partial charge in [0, 0.05) is 30.4 Å². The second-order valence-electron chi connectivity index (χ2n) is 7.49. The molecule has 0 radical (unpaired) electrons. The molecule has 140 valence electrons. The molecule has 1 N–H and O–H groups in total. The summed E-state index contributed by atoms with van der Waals surface area (Å²) in [6.45, 7) is 7.96. The van der Waals surface area contributed by atoms with Crippen LogP contribution in [0.2, 0.25) is 0 Å². The summed E-state index contributed by atoms with van der Waals surface area (Å²) in [6.07, 6.45) is 7.16. The Labute approximate surface area is 156 Å². The molecule has 1 aromatic rings. The van der Waals surface area contributed by atoms with Crippen LogP contribution in [0.1, 0.15) is 56.3 Å². The minimum Gasteiger partial charge on any atom is -0.491 e. The monoisotopic (exact) mass is 354 g/mol. The van der Waals surface area contributed by atoms with Gasteiger partial charge in [-0.2, -0.15) is 0 Å². The van der Waals surface area contributed by atoms with Crippen molar-refractivity contribution < 1.29 is 9.53 Å². The van der Waals surface area contributed by atoms with Crippen molar-refractivity contribution in [3.05, 3.63) is 53.8 Å². The minimum atomic E-state index is 0.132. The van der Waals surface area contributed by atoms with Gasteiger partial charge in [-0.3, -0.25) is 4.79 Å². The van der Waals surface area contributed by atoms with Crippen LogP contribution in [0, 0.1) is 0 Å². The summed E-state index contributed by atoms with van der Waals surface area (Å²) in [5, 5.41) is 3.28. The van der Waals surface area contributed by atoms with Crippen molar-refractivity contribution >= 4 is 5.91 Å². The zero-order valence-corrected chi connectivity index (χ0v) is 16.1. The molecule has 1 amide bonds. The van der Waals surface area contributed by atoms with Gasteiger partial charge in [0.05, 0.1) is 6.10 Å². The van der Waals surface area contributed by atoms with E-state index in [9.17, 15) is 4.79 Å². The topological polar surface area (TPSA) is 41.6 Å². The summed E-state index contributed by atoms with van der Waals surface area (Å²) in [4.78, 5) is 15.4. The van der Waals surface area contributed by atoms with E-state index in [1.165, 1.54) is 11.3 Å². The maximum Gasteiger partial charge on any atom is 0.254 e. The van der Waals surface area contributed by atoms with E-state index in [2.05, 4.69) is 16.8 Å². The minimum absolute atomic E-state index is 0.132. The molecule has 4 heteroatoms. The molecule has 2 aliphatic carbocycles. The van der Waals surface area contributed by atoms with Gasteiger partial charge in [0.25, 0.3) is 5.91 Å². The number of rotatable bonds is 7. The fraction of sp³-hybridized carbons (Fsp3) is 0.500. The Morgan fingerprint density at radius 3 is 2.46 bits per heavy atom. The van der Waals surface area contributed by atoms with Crippen molar-refractivity contribution in [1.82, 2.24) is 10.2 Å². The van der Waals surface area contributed by atoms with Crippen LogP contribution in [0.25, 0.3) is 0 Å². The molecule has 0 aromatic heterocycles. The molecule has 0 bridgehead atoms. The summed E-state index contributed by atoms with van der Waals surface area (Å²) in [5.41, 5.74) is 3.24. The first-order valence-electron chi connectivity index (χ1n) is 9.65. The summed E-state index contributed by atoms with van der Waals surface area (Å²) in [6, 6.07) is 8.22. The van der Waals surface area contributed by atoms with E-state index in [1.54, 1.807) is 0 Å². The zero-order chi connectivity index (χ0) is 18.7. The molecule has 1 unspecified atom stereocenters. The molecular weight excluding hydrogens is 324 g/mol. The molecule has 26 heavy (non-hydrogen) atoms. The second-order valence-corrected chi connectivity index (χ2v) is 7.49. The molecule has 4 nitrogen and oxygen atoms in total. The van der Waals surface area contributed by atoms with E-state index in [-0.39, 0.29) is 18.1 Å². The van der Waals surface area contributed by atoms with Crippen LogP contribution in [-0.2, 0) is 0 Å². The van der Waals surface area contributed by atoms with E-state index in [4.69, 9.17) is 4.74 Å². The van der Waals surface area contributed by atoms with Crippen LogP contribution in [0.15, 0.2) is 48.2 Å². The van der Waals surface area contributed by atoms with Gasteiger partial charge in [0.1, 0.15) is 5.75 Å². The molecule has 2 aliphatic rings. The maximum absolute atomic E-state index is 13.2.